The van der Waals surface area contributed by atoms with E-state index in [2.05, 4.69) is 15.3 Å². The summed E-state index contributed by atoms with van der Waals surface area (Å²) in [4.78, 5) is 33.1. The largest absolute Gasteiger partial charge is 0.419 e. The molecule has 11 heteroatoms. The third kappa shape index (κ3) is 4.56. The standard InChI is InChI=1S/C21H19F5N4O2/c1-30(10-17(31)29-19-27-8-12(9-28-19)21(24,25)26)18(32)13-3-2-11(20(23)4-5-20)6-14(13)15-7-16(15)22/h2-3,6,8-9,15-16H,4-5,7,10H2,1H3,(H,27,28,29,31). The van der Waals surface area contributed by atoms with Gasteiger partial charge in [0.2, 0.25) is 11.9 Å². The van der Waals surface area contributed by atoms with Crippen LogP contribution in [0, 0.1) is 0 Å². The maximum atomic E-state index is 14.4. The van der Waals surface area contributed by atoms with E-state index in [9.17, 15) is 31.5 Å². The van der Waals surface area contributed by atoms with Crippen molar-refractivity contribution in [3.8, 4) is 0 Å². The van der Waals surface area contributed by atoms with Gasteiger partial charge in [-0.25, -0.2) is 18.7 Å². The SMILES string of the molecule is CN(CC(=O)Nc1ncc(C(F)(F)F)cn1)C(=O)c1ccc(C2(F)CC2)cc1C1CC1F. The highest BCUT2D eigenvalue weighted by Crippen LogP contribution is 2.52. The number of rotatable bonds is 6. The van der Waals surface area contributed by atoms with Gasteiger partial charge in [-0.2, -0.15) is 13.2 Å². The molecule has 2 fully saturated rings. The molecule has 1 aromatic heterocycles. The fraction of sp³-hybridized carbons (Fsp3) is 0.429. The minimum absolute atomic E-state index is 0.184. The average Bonchev–Trinajstić information content (AvgIpc) is 3.65. The van der Waals surface area contributed by atoms with Crippen molar-refractivity contribution >= 4 is 17.8 Å². The Morgan fingerprint density at radius 1 is 1.22 bits per heavy atom. The second-order valence-electron chi connectivity index (χ2n) is 8.13. The van der Waals surface area contributed by atoms with Gasteiger partial charge in [0.05, 0.1) is 12.1 Å². The van der Waals surface area contributed by atoms with Crippen molar-refractivity contribution in [2.45, 2.75) is 43.2 Å². The number of halogens is 5. The third-order valence-electron chi connectivity index (χ3n) is 5.56. The molecule has 1 heterocycles. The Labute approximate surface area is 179 Å². The first-order valence-electron chi connectivity index (χ1n) is 9.90. The lowest BCUT2D eigenvalue weighted by Gasteiger charge is -2.19. The van der Waals surface area contributed by atoms with E-state index in [1.165, 1.54) is 25.2 Å². The van der Waals surface area contributed by atoms with Crippen molar-refractivity contribution in [3.63, 3.8) is 0 Å². The Morgan fingerprint density at radius 3 is 2.38 bits per heavy atom. The van der Waals surface area contributed by atoms with Gasteiger partial charge in [0.1, 0.15) is 11.8 Å². The molecule has 1 aromatic carbocycles. The van der Waals surface area contributed by atoms with E-state index in [1.54, 1.807) is 0 Å². The molecule has 0 aliphatic heterocycles. The molecule has 0 spiro atoms. The zero-order chi connectivity index (χ0) is 23.3. The number of nitrogens with zero attached hydrogens (tertiary/aromatic N) is 3. The fourth-order valence-electron chi connectivity index (χ4n) is 3.42. The van der Waals surface area contributed by atoms with Crippen molar-refractivity contribution in [2.75, 3.05) is 18.9 Å². The first-order valence-corrected chi connectivity index (χ1v) is 9.90. The number of alkyl halides is 5. The highest BCUT2D eigenvalue weighted by atomic mass is 19.4. The van der Waals surface area contributed by atoms with Crippen LogP contribution in [0.5, 0.6) is 0 Å². The molecule has 1 N–H and O–H groups in total. The van der Waals surface area contributed by atoms with Crippen molar-refractivity contribution < 1.29 is 31.5 Å². The maximum absolute atomic E-state index is 14.4. The van der Waals surface area contributed by atoms with E-state index in [4.69, 9.17) is 0 Å². The van der Waals surface area contributed by atoms with Crippen molar-refractivity contribution in [1.29, 1.82) is 0 Å². The molecule has 32 heavy (non-hydrogen) atoms. The van der Waals surface area contributed by atoms with Crippen molar-refractivity contribution in [2.24, 2.45) is 0 Å². The molecular weight excluding hydrogens is 435 g/mol. The summed E-state index contributed by atoms with van der Waals surface area (Å²) in [7, 11) is 1.35. The molecule has 2 aliphatic carbocycles. The number of anilines is 1. The number of nitrogens with one attached hydrogen (secondary N) is 1. The van der Waals surface area contributed by atoms with E-state index in [0.717, 1.165) is 4.90 Å². The van der Waals surface area contributed by atoms with Crippen LogP contribution in [0.3, 0.4) is 0 Å². The normalized spacial score (nSPS) is 21.1. The van der Waals surface area contributed by atoms with Crippen LogP contribution in [0.15, 0.2) is 30.6 Å². The van der Waals surface area contributed by atoms with Crippen molar-refractivity contribution in [1.82, 2.24) is 14.9 Å². The van der Waals surface area contributed by atoms with E-state index >= 15 is 0 Å². The summed E-state index contributed by atoms with van der Waals surface area (Å²) in [5.41, 5.74) is -1.47. The molecule has 2 atom stereocenters. The first kappa shape index (κ1) is 22.1. The number of hydrogen-bond acceptors (Lipinski definition) is 4. The molecule has 6 nitrogen and oxygen atoms in total. The molecule has 0 saturated heterocycles. The Balaban J connectivity index is 1.44. The molecule has 4 rings (SSSR count). The molecule has 2 aromatic rings. The van der Waals surface area contributed by atoms with Crippen LogP contribution >= 0.6 is 0 Å². The fourth-order valence-corrected chi connectivity index (χ4v) is 3.42. The summed E-state index contributed by atoms with van der Waals surface area (Å²) in [5, 5.41) is 2.22. The van der Waals surface area contributed by atoms with Gasteiger partial charge in [-0.1, -0.05) is 12.1 Å². The number of carbonyl (C=O) groups excluding carboxylic acids is 2. The number of carbonyl (C=O) groups is 2. The summed E-state index contributed by atoms with van der Waals surface area (Å²) in [6.45, 7) is -0.443. The summed E-state index contributed by atoms with van der Waals surface area (Å²) in [6.07, 6.45) is -3.62. The Hall–Kier alpha value is -3.11. The number of aromatic nitrogens is 2. The smallest absolute Gasteiger partial charge is 0.332 e. The first-order chi connectivity index (χ1) is 15.0. The monoisotopic (exact) mass is 454 g/mol. The van der Waals surface area contributed by atoms with E-state index in [0.29, 0.717) is 36.4 Å². The predicted molar refractivity (Wildman–Crippen MR) is 103 cm³/mol. The highest BCUT2D eigenvalue weighted by Gasteiger charge is 2.47. The summed E-state index contributed by atoms with van der Waals surface area (Å²) in [5.74, 6) is -2.11. The average molecular weight is 454 g/mol. The molecule has 2 unspecified atom stereocenters. The minimum Gasteiger partial charge on any atom is -0.332 e. The van der Waals surface area contributed by atoms with Crippen LogP contribution in [0.25, 0.3) is 0 Å². The highest BCUT2D eigenvalue weighted by molar-refractivity contribution is 6.00. The van der Waals surface area contributed by atoms with Crippen LogP contribution in [-0.2, 0) is 16.6 Å². The van der Waals surface area contributed by atoms with Crippen LogP contribution in [0.1, 0.15) is 52.2 Å². The molecule has 2 saturated carbocycles. The van der Waals surface area contributed by atoms with Gasteiger partial charge >= 0.3 is 6.18 Å². The lowest BCUT2D eigenvalue weighted by molar-refractivity contribution is -0.138. The maximum Gasteiger partial charge on any atom is 0.419 e. The molecule has 170 valence electrons. The van der Waals surface area contributed by atoms with Crippen LogP contribution < -0.4 is 5.32 Å². The van der Waals surface area contributed by atoms with Gasteiger partial charge in [0.15, 0.2) is 0 Å². The van der Waals surface area contributed by atoms with Gasteiger partial charge < -0.3 is 4.90 Å². The van der Waals surface area contributed by atoms with Gasteiger partial charge in [0, 0.05) is 30.9 Å². The number of benzene rings is 1. The summed E-state index contributed by atoms with van der Waals surface area (Å²) >= 11 is 0. The Morgan fingerprint density at radius 2 is 1.84 bits per heavy atom. The van der Waals surface area contributed by atoms with Crippen LogP contribution in [0.4, 0.5) is 27.9 Å². The number of amides is 2. The quantitative estimate of drug-likeness (QED) is 0.670. The van der Waals surface area contributed by atoms with Crippen molar-refractivity contribution in [3.05, 3.63) is 52.8 Å². The molecule has 0 radical (unpaired) electrons. The third-order valence-corrected chi connectivity index (χ3v) is 5.56. The predicted octanol–water partition coefficient (Wildman–Crippen LogP) is 3.99. The summed E-state index contributed by atoms with van der Waals surface area (Å²) in [6, 6.07) is 4.49. The lowest BCUT2D eigenvalue weighted by atomic mass is 9.96. The molecular formula is C21H19F5N4O2. The second-order valence-corrected chi connectivity index (χ2v) is 8.13. The van der Waals surface area contributed by atoms with Gasteiger partial charge in [-0.3, -0.25) is 14.9 Å². The zero-order valence-corrected chi connectivity index (χ0v) is 16.9. The zero-order valence-electron chi connectivity index (χ0n) is 16.9. The lowest BCUT2D eigenvalue weighted by Crippen LogP contribution is -2.35. The summed E-state index contributed by atoms with van der Waals surface area (Å²) < 4.78 is 65.9. The van der Waals surface area contributed by atoms with E-state index < -0.39 is 47.9 Å². The Bertz CT molecular complexity index is 1050. The molecule has 2 aliphatic rings. The molecule has 0 bridgehead atoms. The van der Waals surface area contributed by atoms with Gasteiger partial charge in [-0.15, -0.1) is 0 Å². The topological polar surface area (TPSA) is 75.2 Å². The van der Waals surface area contributed by atoms with Gasteiger partial charge in [-0.05, 0) is 36.5 Å². The molecule has 2 amide bonds. The number of hydrogen-bond donors (Lipinski definition) is 1. The van der Waals surface area contributed by atoms with Crippen LogP contribution in [-0.4, -0.2) is 46.4 Å². The second kappa shape index (κ2) is 7.79. The van der Waals surface area contributed by atoms with E-state index in [-0.39, 0.29) is 17.9 Å². The minimum atomic E-state index is -4.61. The van der Waals surface area contributed by atoms with Gasteiger partial charge in [0.25, 0.3) is 5.91 Å². The number of likely N-dealkylation sites (N-methyl/N-ethyl adjacent to an activating group) is 1. The van der Waals surface area contributed by atoms with E-state index in [1.807, 2.05) is 0 Å². The van der Waals surface area contributed by atoms with Crippen LogP contribution in [0.2, 0.25) is 0 Å². The Kier molecular flexibility index (Phi) is 5.38.